The van der Waals surface area contributed by atoms with E-state index in [4.69, 9.17) is 5.73 Å². The highest BCUT2D eigenvalue weighted by Gasteiger charge is 2.23. The molecular formula is C14H19NO. The summed E-state index contributed by atoms with van der Waals surface area (Å²) in [6.45, 7) is 2.34. The van der Waals surface area contributed by atoms with Gasteiger partial charge in [0.1, 0.15) is 0 Å². The highest BCUT2D eigenvalue weighted by molar-refractivity contribution is 5.92. The highest BCUT2D eigenvalue weighted by atomic mass is 16.1. The Morgan fingerprint density at radius 1 is 1.31 bits per heavy atom. The predicted molar refractivity (Wildman–Crippen MR) is 65.2 cm³/mol. The Labute approximate surface area is 96.8 Å². The van der Waals surface area contributed by atoms with Crippen molar-refractivity contribution in [2.24, 2.45) is 17.6 Å². The SMILES string of the molecule is CC1CCCC1Cc1ccc(C(N)=O)cc1. The van der Waals surface area contributed by atoms with Crippen molar-refractivity contribution in [1.29, 1.82) is 0 Å². The van der Waals surface area contributed by atoms with Crippen molar-refractivity contribution in [2.45, 2.75) is 32.6 Å². The lowest BCUT2D eigenvalue weighted by Crippen LogP contribution is -2.11. The molecule has 1 aliphatic rings. The Hall–Kier alpha value is -1.31. The van der Waals surface area contributed by atoms with Crippen LogP contribution in [0.1, 0.15) is 42.1 Å². The number of hydrogen-bond donors (Lipinski definition) is 1. The molecule has 1 aliphatic carbocycles. The molecule has 1 aromatic carbocycles. The molecule has 1 fully saturated rings. The van der Waals surface area contributed by atoms with E-state index in [1.807, 2.05) is 24.3 Å². The first-order chi connectivity index (χ1) is 7.66. The average Bonchev–Trinajstić information content (AvgIpc) is 2.65. The van der Waals surface area contributed by atoms with E-state index in [-0.39, 0.29) is 5.91 Å². The van der Waals surface area contributed by atoms with Crippen LogP contribution in [0, 0.1) is 11.8 Å². The maximum absolute atomic E-state index is 10.9. The van der Waals surface area contributed by atoms with Gasteiger partial charge in [-0.2, -0.15) is 0 Å². The lowest BCUT2D eigenvalue weighted by Gasteiger charge is -2.15. The summed E-state index contributed by atoms with van der Waals surface area (Å²) in [4.78, 5) is 10.9. The summed E-state index contributed by atoms with van der Waals surface area (Å²) in [7, 11) is 0. The van der Waals surface area contributed by atoms with Crippen molar-refractivity contribution in [3.63, 3.8) is 0 Å². The minimum atomic E-state index is -0.346. The molecule has 0 aromatic heterocycles. The van der Waals surface area contributed by atoms with Crippen LogP contribution in [0.5, 0.6) is 0 Å². The third-order valence-corrected chi connectivity index (χ3v) is 3.78. The summed E-state index contributed by atoms with van der Waals surface area (Å²) >= 11 is 0. The fourth-order valence-corrected chi connectivity index (χ4v) is 2.63. The first-order valence-electron chi connectivity index (χ1n) is 6.05. The van der Waals surface area contributed by atoms with E-state index in [0.717, 1.165) is 18.3 Å². The maximum Gasteiger partial charge on any atom is 0.248 e. The Kier molecular flexibility index (Phi) is 3.28. The van der Waals surface area contributed by atoms with Gasteiger partial charge in [-0.15, -0.1) is 0 Å². The van der Waals surface area contributed by atoms with Gasteiger partial charge in [0.25, 0.3) is 0 Å². The zero-order valence-corrected chi connectivity index (χ0v) is 9.78. The molecule has 0 saturated heterocycles. The molecule has 2 rings (SSSR count). The Bertz CT molecular complexity index is 369. The van der Waals surface area contributed by atoms with Gasteiger partial charge in [-0.25, -0.2) is 0 Å². The van der Waals surface area contributed by atoms with E-state index in [1.165, 1.54) is 24.8 Å². The van der Waals surface area contributed by atoms with Crippen LogP contribution in [0.15, 0.2) is 24.3 Å². The van der Waals surface area contributed by atoms with Gasteiger partial charge in [-0.1, -0.05) is 31.9 Å². The number of hydrogen-bond acceptors (Lipinski definition) is 1. The molecule has 2 heteroatoms. The molecule has 1 aromatic rings. The van der Waals surface area contributed by atoms with Crippen molar-refractivity contribution in [1.82, 2.24) is 0 Å². The summed E-state index contributed by atoms with van der Waals surface area (Å²) in [5.74, 6) is 1.32. The number of benzene rings is 1. The van der Waals surface area contributed by atoms with Gasteiger partial charge in [-0.05, 0) is 42.4 Å². The lowest BCUT2D eigenvalue weighted by atomic mass is 9.91. The molecule has 0 heterocycles. The highest BCUT2D eigenvalue weighted by Crippen LogP contribution is 2.33. The molecule has 2 atom stereocenters. The topological polar surface area (TPSA) is 43.1 Å². The van der Waals surface area contributed by atoms with E-state index in [2.05, 4.69) is 6.92 Å². The number of rotatable bonds is 3. The number of amides is 1. The minimum absolute atomic E-state index is 0.346. The van der Waals surface area contributed by atoms with Gasteiger partial charge in [0.05, 0.1) is 0 Å². The summed E-state index contributed by atoms with van der Waals surface area (Å²) < 4.78 is 0. The molecule has 1 amide bonds. The van der Waals surface area contributed by atoms with E-state index < -0.39 is 0 Å². The van der Waals surface area contributed by atoms with Gasteiger partial charge in [0, 0.05) is 5.56 Å². The Morgan fingerprint density at radius 2 is 2.00 bits per heavy atom. The number of carbonyl (C=O) groups excluding carboxylic acids is 1. The monoisotopic (exact) mass is 217 g/mol. The Balaban J connectivity index is 2.02. The second-order valence-corrected chi connectivity index (χ2v) is 4.93. The average molecular weight is 217 g/mol. The fourth-order valence-electron chi connectivity index (χ4n) is 2.63. The molecule has 16 heavy (non-hydrogen) atoms. The van der Waals surface area contributed by atoms with Gasteiger partial charge in [0.15, 0.2) is 0 Å². The second-order valence-electron chi connectivity index (χ2n) is 4.93. The third-order valence-electron chi connectivity index (χ3n) is 3.78. The zero-order valence-electron chi connectivity index (χ0n) is 9.78. The van der Waals surface area contributed by atoms with Crippen molar-refractivity contribution < 1.29 is 4.79 Å². The molecule has 0 bridgehead atoms. The molecule has 86 valence electrons. The second kappa shape index (κ2) is 4.69. The van der Waals surface area contributed by atoms with Crippen LogP contribution in [-0.2, 0) is 6.42 Å². The fraction of sp³-hybridized carbons (Fsp3) is 0.500. The van der Waals surface area contributed by atoms with Crippen molar-refractivity contribution in [3.05, 3.63) is 35.4 Å². The largest absolute Gasteiger partial charge is 0.366 e. The first kappa shape index (κ1) is 11.2. The summed E-state index contributed by atoms with van der Waals surface area (Å²) in [5.41, 5.74) is 7.13. The maximum atomic E-state index is 10.9. The van der Waals surface area contributed by atoms with Gasteiger partial charge in [-0.3, -0.25) is 4.79 Å². The molecule has 2 unspecified atom stereocenters. The van der Waals surface area contributed by atoms with Gasteiger partial charge in [0.2, 0.25) is 5.91 Å². The van der Waals surface area contributed by atoms with Crippen LogP contribution in [-0.4, -0.2) is 5.91 Å². The number of nitrogens with two attached hydrogens (primary N) is 1. The number of carbonyl (C=O) groups is 1. The van der Waals surface area contributed by atoms with E-state index in [0.29, 0.717) is 5.56 Å². The Morgan fingerprint density at radius 3 is 2.50 bits per heavy atom. The van der Waals surface area contributed by atoms with Gasteiger partial charge < -0.3 is 5.73 Å². The van der Waals surface area contributed by atoms with Crippen LogP contribution >= 0.6 is 0 Å². The molecule has 0 aliphatic heterocycles. The van der Waals surface area contributed by atoms with E-state index in [1.54, 1.807) is 0 Å². The van der Waals surface area contributed by atoms with Crippen LogP contribution < -0.4 is 5.73 Å². The van der Waals surface area contributed by atoms with Crippen LogP contribution in [0.2, 0.25) is 0 Å². The number of primary amides is 1. The lowest BCUT2D eigenvalue weighted by molar-refractivity contribution is 0.100. The third kappa shape index (κ3) is 2.43. The van der Waals surface area contributed by atoms with E-state index >= 15 is 0 Å². The summed E-state index contributed by atoms with van der Waals surface area (Å²) in [5, 5.41) is 0. The van der Waals surface area contributed by atoms with Crippen LogP contribution in [0.3, 0.4) is 0 Å². The molecule has 0 radical (unpaired) electrons. The minimum Gasteiger partial charge on any atom is -0.366 e. The van der Waals surface area contributed by atoms with Crippen molar-refractivity contribution >= 4 is 5.91 Å². The van der Waals surface area contributed by atoms with Crippen LogP contribution in [0.25, 0.3) is 0 Å². The van der Waals surface area contributed by atoms with Crippen LogP contribution in [0.4, 0.5) is 0 Å². The quantitative estimate of drug-likeness (QED) is 0.831. The van der Waals surface area contributed by atoms with Crippen molar-refractivity contribution in [3.8, 4) is 0 Å². The molecular weight excluding hydrogens is 198 g/mol. The summed E-state index contributed by atoms with van der Waals surface area (Å²) in [6, 6.07) is 7.73. The first-order valence-corrected chi connectivity index (χ1v) is 6.05. The van der Waals surface area contributed by atoms with E-state index in [9.17, 15) is 4.79 Å². The van der Waals surface area contributed by atoms with Gasteiger partial charge >= 0.3 is 0 Å². The van der Waals surface area contributed by atoms with Crippen molar-refractivity contribution in [2.75, 3.05) is 0 Å². The standard InChI is InChI=1S/C14H19NO/c1-10-3-2-4-13(10)9-11-5-7-12(8-6-11)14(15)16/h5-8,10,13H,2-4,9H2,1H3,(H2,15,16). The normalized spacial score (nSPS) is 24.6. The molecule has 1 saturated carbocycles. The molecule has 2 nitrogen and oxygen atoms in total. The molecule has 0 spiro atoms. The predicted octanol–water partition coefficient (Wildman–Crippen LogP) is 2.76. The summed E-state index contributed by atoms with van der Waals surface area (Å²) in [6.07, 6.45) is 5.22. The molecule has 2 N–H and O–H groups in total. The zero-order chi connectivity index (χ0) is 11.5. The smallest absolute Gasteiger partial charge is 0.248 e.